The number of hydrogen-bond donors (Lipinski definition) is 2. The highest BCUT2D eigenvalue weighted by atomic mass is 35.5. The van der Waals surface area contributed by atoms with Crippen LogP contribution in [-0.4, -0.2) is 25.5 Å². The molecule has 2 heterocycles. The SMILES string of the molecule is O=C(Nc1cccc2nc(C(F)(F)F)n(C3CC3c3ccccc3)c(=O)c12)c1cc(Cl)c(O)c(Cl)n1. The van der Waals surface area contributed by atoms with E-state index in [2.05, 4.69) is 15.3 Å². The number of alkyl halides is 3. The van der Waals surface area contributed by atoms with Crippen LogP contribution in [0.3, 0.4) is 0 Å². The summed E-state index contributed by atoms with van der Waals surface area (Å²) in [6.07, 6.45) is -4.54. The number of aromatic hydroxyl groups is 1. The van der Waals surface area contributed by atoms with Crippen molar-refractivity contribution in [2.24, 2.45) is 0 Å². The number of halogens is 5. The van der Waals surface area contributed by atoms with Gasteiger partial charge in [0.2, 0.25) is 5.82 Å². The molecule has 2 N–H and O–H groups in total. The van der Waals surface area contributed by atoms with E-state index in [1.807, 2.05) is 0 Å². The van der Waals surface area contributed by atoms with Gasteiger partial charge in [0.25, 0.3) is 11.5 Å². The Kier molecular flexibility index (Phi) is 5.88. The second-order valence-electron chi connectivity index (χ2n) is 8.21. The van der Waals surface area contributed by atoms with Gasteiger partial charge in [-0.2, -0.15) is 13.2 Å². The number of amides is 1. The fraction of sp³-hybridized carbons (Fsp3) is 0.167. The first-order valence-electron chi connectivity index (χ1n) is 10.6. The molecule has 0 radical (unpaired) electrons. The zero-order chi connectivity index (χ0) is 25.8. The topological polar surface area (TPSA) is 97.1 Å². The van der Waals surface area contributed by atoms with E-state index in [9.17, 15) is 27.9 Å². The lowest BCUT2D eigenvalue weighted by molar-refractivity contribution is -0.148. The van der Waals surface area contributed by atoms with E-state index in [-0.39, 0.29) is 33.2 Å². The molecule has 0 aliphatic heterocycles. The zero-order valence-electron chi connectivity index (χ0n) is 18.1. The van der Waals surface area contributed by atoms with Crippen LogP contribution in [0.1, 0.15) is 40.3 Å². The number of hydrogen-bond acceptors (Lipinski definition) is 5. The van der Waals surface area contributed by atoms with Crippen molar-refractivity contribution in [2.45, 2.75) is 24.6 Å². The molecule has 36 heavy (non-hydrogen) atoms. The predicted octanol–water partition coefficient (Wildman–Crippen LogP) is 5.80. The van der Waals surface area contributed by atoms with Gasteiger partial charge in [-0.05, 0) is 30.2 Å². The van der Waals surface area contributed by atoms with E-state index in [0.29, 0.717) is 11.0 Å². The second-order valence-corrected chi connectivity index (χ2v) is 8.98. The monoisotopic (exact) mass is 534 g/mol. The third-order valence-corrected chi connectivity index (χ3v) is 6.44. The Labute approximate surface area is 211 Å². The summed E-state index contributed by atoms with van der Waals surface area (Å²) in [6.45, 7) is 0. The number of pyridine rings is 1. The molecule has 184 valence electrons. The number of nitrogens with one attached hydrogen (secondary N) is 1. The van der Waals surface area contributed by atoms with Gasteiger partial charge in [-0.3, -0.25) is 14.2 Å². The highest BCUT2D eigenvalue weighted by Crippen LogP contribution is 2.52. The molecule has 2 aromatic carbocycles. The van der Waals surface area contributed by atoms with Gasteiger partial charge in [-0.1, -0.05) is 59.6 Å². The number of aromatic nitrogens is 3. The maximum Gasteiger partial charge on any atom is 0.449 e. The molecule has 2 aromatic heterocycles. The first-order chi connectivity index (χ1) is 17.1. The lowest BCUT2D eigenvalue weighted by atomic mass is 10.1. The normalized spacial score (nSPS) is 17.2. The molecule has 1 saturated carbocycles. The van der Waals surface area contributed by atoms with Crippen LogP contribution in [0.4, 0.5) is 18.9 Å². The van der Waals surface area contributed by atoms with E-state index < -0.39 is 40.4 Å². The molecule has 1 aliphatic carbocycles. The highest BCUT2D eigenvalue weighted by Gasteiger charge is 2.47. The van der Waals surface area contributed by atoms with Gasteiger partial charge in [-0.25, -0.2) is 9.97 Å². The summed E-state index contributed by atoms with van der Waals surface area (Å²) < 4.78 is 42.6. The standard InChI is InChI=1S/C24H15Cl2F3N4O3/c25-13-10-16(30-20(26)19(13)34)21(35)31-14-7-4-8-15-18(14)22(36)33(23(32-15)24(27,28)29)17-9-12(17)11-5-2-1-3-6-11/h1-8,10,12,17,34H,9H2,(H,31,35). The van der Waals surface area contributed by atoms with Crippen molar-refractivity contribution in [2.75, 3.05) is 5.32 Å². The Bertz CT molecular complexity index is 1550. The summed E-state index contributed by atoms with van der Waals surface area (Å²) in [5, 5.41) is 11.3. The van der Waals surface area contributed by atoms with E-state index >= 15 is 0 Å². The molecule has 2 atom stereocenters. The third kappa shape index (κ3) is 4.27. The summed E-state index contributed by atoms with van der Waals surface area (Å²) in [5.74, 6) is -2.93. The Balaban J connectivity index is 1.61. The number of carbonyl (C=O) groups is 1. The maximum absolute atomic E-state index is 14.0. The van der Waals surface area contributed by atoms with Gasteiger partial charge in [0, 0.05) is 12.0 Å². The molecule has 12 heteroatoms. The molecule has 0 bridgehead atoms. The van der Waals surface area contributed by atoms with Crippen LogP contribution in [0.2, 0.25) is 10.2 Å². The lowest BCUT2D eigenvalue weighted by Crippen LogP contribution is -2.30. The van der Waals surface area contributed by atoms with Crippen LogP contribution in [0, 0.1) is 0 Å². The molecule has 0 saturated heterocycles. The molecule has 1 amide bonds. The van der Waals surface area contributed by atoms with Crippen LogP contribution in [0.25, 0.3) is 10.9 Å². The average molecular weight is 535 g/mol. The largest absolute Gasteiger partial charge is 0.504 e. The van der Waals surface area contributed by atoms with E-state index in [0.717, 1.165) is 11.6 Å². The molecular formula is C24H15Cl2F3N4O3. The van der Waals surface area contributed by atoms with Crippen LogP contribution < -0.4 is 10.9 Å². The van der Waals surface area contributed by atoms with Gasteiger partial charge in [0.15, 0.2) is 10.9 Å². The summed E-state index contributed by atoms with van der Waals surface area (Å²) in [4.78, 5) is 33.8. The van der Waals surface area contributed by atoms with Crippen molar-refractivity contribution >= 4 is 45.7 Å². The van der Waals surface area contributed by atoms with Crippen LogP contribution in [0.5, 0.6) is 5.75 Å². The van der Waals surface area contributed by atoms with E-state index in [1.165, 1.54) is 18.2 Å². The van der Waals surface area contributed by atoms with Gasteiger partial charge < -0.3 is 10.4 Å². The average Bonchev–Trinajstić information content (AvgIpc) is 3.62. The Morgan fingerprint density at radius 1 is 1.08 bits per heavy atom. The van der Waals surface area contributed by atoms with Crippen LogP contribution in [-0.2, 0) is 6.18 Å². The fourth-order valence-corrected chi connectivity index (χ4v) is 4.59. The third-order valence-electron chi connectivity index (χ3n) is 5.88. The molecule has 0 spiro atoms. The highest BCUT2D eigenvalue weighted by molar-refractivity contribution is 6.36. The molecule has 2 unspecified atom stereocenters. The van der Waals surface area contributed by atoms with Crippen molar-refractivity contribution in [3.05, 3.63) is 92.2 Å². The van der Waals surface area contributed by atoms with Gasteiger partial charge in [0.05, 0.1) is 21.6 Å². The van der Waals surface area contributed by atoms with Gasteiger partial charge in [0.1, 0.15) is 5.69 Å². The van der Waals surface area contributed by atoms with Crippen molar-refractivity contribution in [3.8, 4) is 5.75 Å². The summed E-state index contributed by atoms with van der Waals surface area (Å²) in [6, 6.07) is 13.3. The van der Waals surface area contributed by atoms with Crippen molar-refractivity contribution in [1.29, 1.82) is 0 Å². The fourth-order valence-electron chi connectivity index (χ4n) is 4.16. The number of fused-ring (bicyclic) bond motifs is 1. The van der Waals surface area contributed by atoms with Crippen LogP contribution in [0.15, 0.2) is 59.4 Å². The Hall–Kier alpha value is -3.63. The summed E-state index contributed by atoms with van der Waals surface area (Å²) >= 11 is 11.6. The summed E-state index contributed by atoms with van der Waals surface area (Å²) in [5.41, 5.74) is -0.673. The minimum absolute atomic E-state index is 0.0588. The minimum atomic E-state index is -4.88. The molecule has 1 aliphatic rings. The lowest BCUT2D eigenvalue weighted by Gasteiger charge is -2.17. The molecule has 4 aromatic rings. The predicted molar refractivity (Wildman–Crippen MR) is 128 cm³/mol. The smallest absolute Gasteiger partial charge is 0.449 e. The number of benzene rings is 2. The first kappa shape index (κ1) is 24.1. The molecule has 7 nitrogen and oxygen atoms in total. The summed E-state index contributed by atoms with van der Waals surface area (Å²) in [7, 11) is 0. The van der Waals surface area contributed by atoms with Crippen LogP contribution >= 0.6 is 23.2 Å². The van der Waals surface area contributed by atoms with Gasteiger partial charge >= 0.3 is 6.18 Å². The second kappa shape index (κ2) is 8.79. The Morgan fingerprint density at radius 3 is 2.47 bits per heavy atom. The first-order valence-corrected chi connectivity index (χ1v) is 11.4. The van der Waals surface area contributed by atoms with Crippen molar-refractivity contribution in [3.63, 3.8) is 0 Å². The van der Waals surface area contributed by atoms with Crippen molar-refractivity contribution < 1.29 is 23.1 Å². The molecule has 5 rings (SSSR count). The molecule has 1 fully saturated rings. The van der Waals surface area contributed by atoms with Gasteiger partial charge in [-0.15, -0.1) is 0 Å². The Morgan fingerprint density at radius 2 is 1.81 bits per heavy atom. The van der Waals surface area contributed by atoms with E-state index in [1.54, 1.807) is 30.3 Å². The number of rotatable bonds is 4. The number of carbonyl (C=O) groups excluding carboxylic acids is 1. The maximum atomic E-state index is 14.0. The molecular weight excluding hydrogens is 520 g/mol. The number of nitrogens with zero attached hydrogens (tertiary/aromatic N) is 3. The quantitative estimate of drug-likeness (QED) is 0.322. The number of anilines is 1. The minimum Gasteiger partial charge on any atom is -0.504 e. The zero-order valence-corrected chi connectivity index (χ0v) is 19.6. The van der Waals surface area contributed by atoms with E-state index in [4.69, 9.17) is 23.2 Å². The van der Waals surface area contributed by atoms with Crippen molar-refractivity contribution in [1.82, 2.24) is 14.5 Å².